The molecule has 1 aliphatic heterocycles. The number of nitrogens with one attached hydrogen (secondary N) is 1. The van der Waals surface area contributed by atoms with Gasteiger partial charge in [-0.1, -0.05) is 40.5 Å². The second-order valence-electron chi connectivity index (χ2n) is 11.2. The number of aromatic hydroxyl groups is 1. The molecule has 1 amide bonds. The third-order valence-electron chi connectivity index (χ3n) is 8.14. The van der Waals surface area contributed by atoms with Crippen LogP contribution >= 0.6 is 23.2 Å². The minimum absolute atomic E-state index is 0.0486. The van der Waals surface area contributed by atoms with Crippen molar-refractivity contribution in [1.82, 2.24) is 5.32 Å². The van der Waals surface area contributed by atoms with Crippen LogP contribution in [0.4, 0.5) is 0 Å². The molecule has 15 heteroatoms. The lowest BCUT2D eigenvalue weighted by atomic mass is 9.83. The maximum atomic E-state index is 12.9. The quantitative estimate of drug-likeness (QED) is 0.115. The molecule has 3 aliphatic rings. The molecule has 2 aliphatic carbocycles. The van der Waals surface area contributed by atoms with E-state index in [1.807, 2.05) is 0 Å². The summed E-state index contributed by atoms with van der Waals surface area (Å²) in [4.78, 5) is 18.1. The van der Waals surface area contributed by atoms with E-state index in [-0.39, 0.29) is 36.9 Å². The second-order valence-corrected chi connectivity index (χ2v) is 12.1. The Balaban J connectivity index is 1.16. The van der Waals surface area contributed by atoms with E-state index in [1.54, 1.807) is 24.3 Å². The molecular formula is C30H34Cl2N2O11. The Morgan fingerprint density at radius 1 is 1.00 bits per heavy atom. The van der Waals surface area contributed by atoms with E-state index in [0.29, 0.717) is 21.2 Å². The maximum Gasteiger partial charge on any atom is 0.247 e. The topological polar surface area (TPSA) is 200 Å². The van der Waals surface area contributed by atoms with Crippen molar-refractivity contribution in [2.75, 3.05) is 6.79 Å². The number of phenols is 1. The van der Waals surface area contributed by atoms with Crippen molar-refractivity contribution in [3.63, 3.8) is 0 Å². The number of hydrogen-bond donors (Lipinski definition) is 7. The third-order valence-corrected chi connectivity index (χ3v) is 8.73. The highest BCUT2D eigenvalue weighted by Gasteiger charge is 2.53. The lowest BCUT2D eigenvalue weighted by Crippen LogP contribution is -2.67. The van der Waals surface area contributed by atoms with Gasteiger partial charge in [-0.15, -0.1) is 0 Å². The molecule has 7 N–H and O–H groups in total. The van der Waals surface area contributed by atoms with E-state index < -0.39 is 66.7 Å². The van der Waals surface area contributed by atoms with Gasteiger partial charge in [0, 0.05) is 33.3 Å². The number of aliphatic hydroxyl groups is 5. The van der Waals surface area contributed by atoms with Gasteiger partial charge in [0.1, 0.15) is 56.1 Å². The van der Waals surface area contributed by atoms with E-state index in [2.05, 4.69) is 10.5 Å². The van der Waals surface area contributed by atoms with Gasteiger partial charge in [0.2, 0.25) is 5.91 Å². The van der Waals surface area contributed by atoms with Crippen LogP contribution in [0.25, 0.3) is 6.08 Å². The van der Waals surface area contributed by atoms with Gasteiger partial charge in [-0.3, -0.25) is 4.79 Å². The molecule has 45 heavy (non-hydrogen) atoms. The number of carbonyl (C=O) groups is 1. The lowest BCUT2D eigenvalue weighted by Gasteiger charge is -2.41. The summed E-state index contributed by atoms with van der Waals surface area (Å²) < 4.78 is 16.3. The maximum absolute atomic E-state index is 12.9. The van der Waals surface area contributed by atoms with E-state index in [4.69, 9.17) is 42.3 Å². The van der Waals surface area contributed by atoms with Gasteiger partial charge in [0.15, 0.2) is 11.5 Å². The van der Waals surface area contributed by atoms with Crippen LogP contribution in [-0.2, 0) is 25.7 Å². The predicted molar refractivity (Wildman–Crippen MR) is 161 cm³/mol. The van der Waals surface area contributed by atoms with Gasteiger partial charge in [-0.2, -0.15) is 0 Å². The summed E-state index contributed by atoms with van der Waals surface area (Å²) in [7, 11) is 0. The number of phenolic OH excluding ortho intramolecular Hbond substituents is 1. The van der Waals surface area contributed by atoms with Gasteiger partial charge >= 0.3 is 0 Å². The molecular weight excluding hydrogens is 635 g/mol. The molecule has 1 saturated heterocycles. The number of amides is 1. The molecule has 0 radical (unpaired) electrons. The molecule has 2 aromatic carbocycles. The Labute approximate surface area is 268 Å². The molecule has 10 atom stereocenters. The second kappa shape index (κ2) is 14.2. The van der Waals surface area contributed by atoms with Gasteiger partial charge in [0.05, 0.1) is 12.1 Å². The number of ether oxygens (including phenoxy) is 3. The molecule has 0 spiro atoms. The number of benzene rings is 2. The van der Waals surface area contributed by atoms with E-state index in [0.717, 1.165) is 0 Å². The van der Waals surface area contributed by atoms with Gasteiger partial charge in [-0.25, -0.2) is 0 Å². The first-order chi connectivity index (χ1) is 21.4. The number of rotatable bonds is 9. The highest BCUT2D eigenvalue weighted by molar-refractivity contribution is 6.35. The standard InChI is InChI=1S/C30H34Cl2N2O11/c1-13(30(41)34-22-25(38)27(40)29-28(26(22)39)42-12-43-29)6-14-2-5-20(19(35)7-14)45-21-8-16(23(36)24(21)37)10-33-44-11-15-3-4-17(31)9-18(15)32/h2-7,9-10,16,21-29,35-40H,8,11-12H2,1H3,(H,34,41)/t16-,21-,22-,23-,24-,25+,26-,27-,28+,29-/m1/s1. The van der Waals surface area contributed by atoms with Crippen molar-refractivity contribution < 1.29 is 54.5 Å². The number of aliphatic hydroxyl groups excluding tert-OH is 5. The summed E-state index contributed by atoms with van der Waals surface area (Å²) >= 11 is 12.0. The Morgan fingerprint density at radius 3 is 2.44 bits per heavy atom. The predicted octanol–water partition coefficient (Wildman–Crippen LogP) is 1.12. The fourth-order valence-electron chi connectivity index (χ4n) is 5.58. The van der Waals surface area contributed by atoms with Gasteiger partial charge < -0.3 is 55.0 Å². The molecule has 1 heterocycles. The monoisotopic (exact) mass is 668 g/mol. The van der Waals surface area contributed by atoms with E-state index >= 15 is 0 Å². The molecule has 2 aromatic rings. The Hall–Kier alpha value is -2.98. The Bertz CT molecular complexity index is 1440. The molecule has 244 valence electrons. The first kappa shape index (κ1) is 33.4. The first-order valence-corrected chi connectivity index (χ1v) is 14.9. The van der Waals surface area contributed by atoms with Crippen molar-refractivity contribution in [1.29, 1.82) is 0 Å². The number of halogens is 2. The molecule has 13 nitrogen and oxygen atoms in total. The van der Waals surface area contributed by atoms with Crippen LogP contribution < -0.4 is 10.1 Å². The summed E-state index contributed by atoms with van der Waals surface area (Å²) in [6, 6.07) is 8.12. The van der Waals surface area contributed by atoms with E-state index in [1.165, 1.54) is 31.3 Å². The summed E-state index contributed by atoms with van der Waals surface area (Å²) in [6.45, 7) is 1.43. The zero-order chi connectivity index (χ0) is 32.4. The molecule has 0 unspecified atom stereocenters. The van der Waals surface area contributed by atoms with Crippen LogP contribution in [0.2, 0.25) is 10.0 Å². The van der Waals surface area contributed by atoms with Crippen LogP contribution in [-0.4, -0.2) is 104 Å². The molecule has 5 rings (SSSR count). The molecule has 3 fully saturated rings. The highest BCUT2D eigenvalue weighted by atomic mass is 35.5. The van der Waals surface area contributed by atoms with Crippen molar-refractivity contribution in [3.8, 4) is 11.5 Å². The third kappa shape index (κ3) is 7.38. The number of hydrogen-bond acceptors (Lipinski definition) is 12. The zero-order valence-corrected chi connectivity index (χ0v) is 25.5. The first-order valence-electron chi connectivity index (χ1n) is 14.2. The smallest absolute Gasteiger partial charge is 0.247 e. The Kier molecular flexibility index (Phi) is 10.5. The highest BCUT2D eigenvalue weighted by Crippen LogP contribution is 2.35. The molecule has 0 aromatic heterocycles. The minimum atomic E-state index is -1.49. The fraction of sp³-hybridized carbons (Fsp3) is 0.467. The molecule has 0 bridgehead atoms. The SMILES string of the molecule is CC(=Cc1ccc(O[C@@H]2C[C@H](C=NOCc3ccc(Cl)cc3Cl)[C@@H](O)[C@@H]2O)c(O)c1)C(=O)N[C@@H]1[C@H](O)[C@@H](O)[C@H]2OCO[C@H]2[C@@H]1O. The number of oxime groups is 1. The fourth-order valence-corrected chi connectivity index (χ4v) is 6.04. The largest absolute Gasteiger partial charge is 0.504 e. The number of fused-ring (bicyclic) bond motifs is 1. The van der Waals surface area contributed by atoms with E-state index in [9.17, 15) is 35.4 Å². The summed E-state index contributed by atoms with van der Waals surface area (Å²) in [6.07, 6.45) is -6.27. The average molecular weight is 670 g/mol. The van der Waals surface area contributed by atoms with Gasteiger partial charge in [0.25, 0.3) is 0 Å². The van der Waals surface area contributed by atoms with Crippen molar-refractivity contribution in [3.05, 3.63) is 63.1 Å². The van der Waals surface area contributed by atoms with Crippen molar-refractivity contribution >= 4 is 41.4 Å². The zero-order valence-electron chi connectivity index (χ0n) is 23.9. The van der Waals surface area contributed by atoms with Crippen LogP contribution in [0.15, 0.2) is 47.1 Å². The number of nitrogens with zero attached hydrogens (tertiary/aromatic N) is 1. The van der Waals surface area contributed by atoms with Crippen LogP contribution in [0, 0.1) is 5.92 Å². The van der Waals surface area contributed by atoms with Crippen LogP contribution in [0.1, 0.15) is 24.5 Å². The lowest BCUT2D eigenvalue weighted by molar-refractivity contribution is -0.155. The van der Waals surface area contributed by atoms with Crippen LogP contribution in [0.3, 0.4) is 0 Å². The average Bonchev–Trinajstić information content (AvgIpc) is 3.60. The van der Waals surface area contributed by atoms with Gasteiger partial charge in [-0.05, 0) is 49.2 Å². The van der Waals surface area contributed by atoms with Crippen molar-refractivity contribution in [2.45, 2.75) is 74.8 Å². The van der Waals surface area contributed by atoms with Crippen LogP contribution in [0.5, 0.6) is 11.5 Å². The Morgan fingerprint density at radius 2 is 1.73 bits per heavy atom. The normalized spacial score (nSPS) is 33.3. The number of carbonyl (C=O) groups excluding carboxylic acids is 1. The molecule has 2 saturated carbocycles. The van der Waals surface area contributed by atoms with Crippen molar-refractivity contribution in [2.24, 2.45) is 11.1 Å². The summed E-state index contributed by atoms with van der Waals surface area (Å²) in [5, 5.41) is 70.3. The summed E-state index contributed by atoms with van der Waals surface area (Å²) in [5.41, 5.74) is 1.28. The minimum Gasteiger partial charge on any atom is -0.504 e. The summed E-state index contributed by atoms with van der Waals surface area (Å²) in [5.74, 6) is -1.44.